The summed E-state index contributed by atoms with van der Waals surface area (Å²) < 4.78 is 0. The van der Waals surface area contributed by atoms with Crippen LogP contribution in [0, 0.1) is 5.41 Å². The Morgan fingerprint density at radius 2 is 2.15 bits per heavy atom. The maximum Gasteiger partial charge on any atom is 0.0180 e. The molecule has 1 aromatic heterocycles. The average Bonchev–Trinajstić information content (AvgIpc) is 2.54. The van der Waals surface area contributed by atoms with Crippen molar-refractivity contribution >= 4 is 11.3 Å². The maximum atomic E-state index is 6.07. The lowest BCUT2D eigenvalue weighted by Gasteiger charge is -2.02. The fourth-order valence-electron chi connectivity index (χ4n) is 2.09. The summed E-state index contributed by atoms with van der Waals surface area (Å²) in [6.07, 6.45) is 1.14. The predicted octanol–water partition coefficient (Wildman–Crippen LogP) is 2.76. The molecule has 1 fully saturated rings. The summed E-state index contributed by atoms with van der Waals surface area (Å²) >= 11 is 1.87. The molecule has 1 aromatic rings. The molecule has 0 radical (unpaired) electrons. The topological polar surface area (TPSA) is 26.0 Å². The van der Waals surface area contributed by atoms with Crippen LogP contribution in [0.3, 0.4) is 0 Å². The molecule has 0 amide bonds. The van der Waals surface area contributed by atoms with Crippen molar-refractivity contribution in [1.29, 1.82) is 0 Å². The fraction of sp³-hybridized carbons (Fsp3) is 0.636. The predicted molar refractivity (Wildman–Crippen MR) is 58.2 cm³/mol. The van der Waals surface area contributed by atoms with Gasteiger partial charge in [0.1, 0.15) is 0 Å². The van der Waals surface area contributed by atoms with Crippen LogP contribution in [0.2, 0.25) is 0 Å². The zero-order chi connectivity index (χ0) is 9.64. The summed E-state index contributed by atoms with van der Waals surface area (Å²) in [5, 5.41) is 2.19. The molecule has 0 saturated heterocycles. The summed E-state index contributed by atoms with van der Waals surface area (Å²) in [6.45, 7) is 6.75. The minimum Gasteiger partial charge on any atom is -0.327 e. The van der Waals surface area contributed by atoms with Gasteiger partial charge >= 0.3 is 0 Å². The molecule has 0 spiro atoms. The summed E-state index contributed by atoms with van der Waals surface area (Å²) in [5.74, 6) is 0.613. The molecule has 1 nitrogen and oxygen atoms in total. The monoisotopic (exact) mass is 195 g/mol. The van der Waals surface area contributed by atoms with E-state index in [-0.39, 0.29) is 0 Å². The third-order valence-electron chi connectivity index (χ3n) is 3.35. The van der Waals surface area contributed by atoms with Gasteiger partial charge in [0.05, 0.1) is 0 Å². The van der Waals surface area contributed by atoms with Crippen LogP contribution in [0.15, 0.2) is 11.4 Å². The van der Waals surface area contributed by atoms with Gasteiger partial charge < -0.3 is 5.73 Å². The van der Waals surface area contributed by atoms with E-state index in [9.17, 15) is 0 Å². The molecule has 1 heterocycles. The van der Waals surface area contributed by atoms with Crippen molar-refractivity contribution < 1.29 is 0 Å². The first kappa shape index (κ1) is 9.22. The maximum absolute atomic E-state index is 6.07. The Bertz CT molecular complexity index is 314. The second-order valence-electron chi connectivity index (χ2n) is 4.49. The summed E-state index contributed by atoms with van der Waals surface area (Å²) in [6, 6.07) is 2.61. The molecule has 2 heteroatoms. The number of rotatable bonds is 2. The first-order chi connectivity index (χ1) is 6.09. The number of aryl methyl sites for hydroxylation is 1. The zero-order valence-corrected chi connectivity index (χ0v) is 9.32. The van der Waals surface area contributed by atoms with Gasteiger partial charge in [-0.2, -0.15) is 0 Å². The van der Waals surface area contributed by atoms with Crippen molar-refractivity contribution in [2.45, 2.75) is 39.2 Å². The van der Waals surface area contributed by atoms with Crippen LogP contribution in [0.4, 0.5) is 0 Å². The lowest BCUT2D eigenvalue weighted by atomic mass is 10.1. The molecule has 1 aliphatic carbocycles. The molecule has 2 unspecified atom stereocenters. The van der Waals surface area contributed by atoms with Crippen molar-refractivity contribution in [3.05, 3.63) is 21.9 Å². The molecule has 72 valence electrons. The van der Waals surface area contributed by atoms with E-state index in [0.717, 1.165) is 6.42 Å². The SMILES string of the molecule is CCc1ccsc1C1C(N)C1(C)C. The summed E-state index contributed by atoms with van der Waals surface area (Å²) in [4.78, 5) is 1.53. The quantitative estimate of drug-likeness (QED) is 0.771. The van der Waals surface area contributed by atoms with Crippen LogP contribution in [0.25, 0.3) is 0 Å². The molecular weight excluding hydrogens is 178 g/mol. The van der Waals surface area contributed by atoms with Gasteiger partial charge in [0.25, 0.3) is 0 Å². The Balaban J connectivity index is 2.28. The third-order valence-corrected chi connectivity index (χ3v) is 4.40. The van der Waals surface area contributed by atoms with E-state index < -0.39 is 0 Å². The molecule has 2 atom stereocenters. The molecule has 0 aromatic carbocycles. The Morgan fingerprint density at radius 3 is 2.62 bits per heavy atom. The van der Waals surface area contributed by atoms with Gasteiger partial charge in [0.2, 0.25) is 0 Å². The van der Waals surface area contributed by atoms with Gasteiger partial charge in [-0.25, -0.2) is 0 Å². The normalized spacial score (nSPS) is 30.5. The molecule has 13 heavy (non-hydrogen) atoms. The Morgan fingerprint density at radius 1 is 1.54 bits per heavy atom. The molecular formula is C11H17NS. The molecule has 0 aliphatic heterocycles. The lowest BCUT2D eigenvalue weighted by molar-refractivity contribution is 0.600. The van der Waals surface area contributed by atoms with Crippen molar-refractivity contribution in [1.82, 2.24) is 0 Å². The Labute approximate surface area is 84.0 Å². The molecule has 2 N–H and O–H groups in total. The van der Waals surface area contributed by atoms with E-state index in [1.807, 2.05) is 11.3 Å². The zero-order valence-electron chi connectivity index (χ0n) is 8.50. The van der Waals surface area contributed by atoms with E-state index >= 15 is 0 Å². The van der Waals surface area contributed by atoms with Crippen molar-refractivity contribution in [3.8, 4) is 0 Å². The standard InChI is InChI=1S/C11H17NS/c1-4-7-5-6-13-9(7)8-10(12)11(8,2)3/h5-6,8,10H,4,12H2,1-3H3. The van der Waals surface area contributed by atoms with E-state index in [4.69, 9.17) is 5.73 Å². The van der Waals surface area contributed by atoms with Gasteiger partial charge in [-0.1, -0.05) is 20.8 Å². The van der Waals surface area contributed by atoms with Crippen LogP contribution in [0.1, 0.15) is 37.1 Å². The summed E-state index contributed by atoms with van der Waals surface area (Å²) in [5.41, 5.74) is 7.89. The van der Waals surface area contributed by atoms with E-state index in [0.29, 0.717) is 17.4 Å². The van der Waals surface area contributed by atoms with Gasteiger partial charge in [-0.05, 0) is 28.8 Å². The molecule has 1 saturated carbocycles. The van der Waals surface area contributed by atoms with E-state index in [1.54, 1.807) is 0 Å². The largest absolute Gasteiger partial charge is 0.327 e. The molecule has 1 aliphatic rings. The van der Waals surface area contributed by atoms with Gasteiger partial charge in [0, 0.05) is 16.8 Å². The van der Waals surface area contributed by atoms with Crippen molar-refractivity contribution in [3.63, 3.8) is 0 Å². The second kappa shape index (κ2) is 2.82. The van der Waals surface area contributed by atoms with Crippen LogP contribution < -0.4 is 5.73 Å². The van der Waals surface area contributed by atoms with E-state index in [2.05, 4.69) is 32.2 Å². The first-order valence-corrected chi connectivity index (χ1v) is 5.78. The highest BCUT2D eigenvalue weighted by molar-refractivity contribution is 7.10. The van der Waals surface area contributed by atoms with Gasteiger partial charge in [-0.3, -0.25) is 0 Å². The smallest absolute Gasteiger partial charge is 0.0180 e. The lowest BCUT2D eigenvalue weighted by Crippen LogP contribution is -2.06. The number of nitrogens with two attached hydrogens (primary N) is 1. The van der Waals surface area contributed by atoms with Gasteiger partial charge in [-0.15, -0.1) is 11.3 Å². The highest BCUT2D eigenvalue weighted by atomic mass is 32.1. The number of thiophene rings is 1. The summed E-state index contributed by atoms with van der Waals surface area (Å²) in [7, 11) is 0. The van der Waals surface area contributed by atoms with Crippen molar-refractivity contribution in [2.24, 2.45) is 11.1 Å². The van der Waals surface area contributed by atoms with Crippen LogP contribution in [0.5, 0.6) is 0 Å². The fourth-order valence-corrected chi connectivity index (χ4v) is 3.43. The minimum absolute atomic E-state index is 0.328. The third kappa shape index (κ3) is 1.24. The molecule has 2 rings (SSSR count). The van der Waals surface area contributed by atoms with Gasteiger partial charge in [0.15, 0.2) is 0 Å². The highest BCUT2D eigenvalue weighted by Crippen LogP contribution is 2.59. The van der Waals surface area contributed by atoms with E-state index in [1.165, 1.54) is 10.4 Å². The van der Waals surface area contributed by atoms with Crippen molar-refractivity contribution in [2.75, 3.05) is 0 Å². The molecule has 0 bridgehead atoms. The Hall–Kier alpha value is -0.340. The minimum atomic E-state index is 0.328. The average molecular weight is 195 g/mol. The Kier molecular flexibility index (Phi) is 2.00. The van der Waals surface area contributed by atoms with Crippen LogP contribution in [-0.4, -0.2) is 6.04 Å². The van der Waals surface area contributed by atoms with Crippen LogP contribution >= 0.6 is 11.3 Å². The van der Waals surface area contributed by atoms with Crippen LogP contribution in [-0.2, 0) is 6.42 Å². The number of hydrogen-bond donors (Lipinski definition) is 1. The first-order valence-electron chi connectivity index (χ1n) is 4.91. The highest BCUT2D eigenvalue weighted by Gasteiger charge is 2.57. The number of hydrogen-bond acceptors (Lipinski definition) is 2. The second-order valence-corrected chi connectivity index (χ2v) is 5.44.